The molecule has 0 saturated carbocycles. The van der Waals surface area contributed by atoms with E-state index in [-0.39, 0.29) is 12.0 Å². The molecule has 21 heavy (non-hydrogen) atoms. The van der Waals surface area contributed by atoms with Crippen molar-refractivity contribution in [3.63, 3.8) is 0 Å². The summed E-state index contributed by atoms with van der Waals surface area (Å²) in [4.78, 5) is 16.4. The van der Waals surface area contributed by atoms with E-state index in [0.717, 1.165) is 44.7 Å². The van der Waals surface area contributed by atoms with Crippen molar-refractivity contribution in [2.45, 2.75) is 18.9 Å². The number of halogens is 2. The normalized spacial score (nSPS) is 22.7. The third-order valence-electron chi connectivity index (χ3n) is 4.06. The SMILES string of the molecule is O=C(C1CCCO1)N1CCN(c2ccc(Cl)c(Cl)c2)CC1. The van der Waals surface area contributed by atoms with Gasteiger partial charge in [-0.25, -0.2) is 0 Å². The van der Waals surface area contributed by atoms with E-state index >= 15 is 0 Å². The molecule has 1 amide bonds. The summed E-state index contributed by atoms with van der Waals surface area (Å²) in [5.41, 5.74) is 1.05. The molecule has 1 aromatic rings. The van der Waals surface area contributed by atoms with Gasteiger partial charge in [0.25, 0.3) is 5.91 Å². The zero-order chi connectivity index (χ0) is 14.8. The minimum Gasteiger partial charge on any atom is -0.368 e. The minimum absolute atomic E-state index is 0.140. The zero-order valence-electron chi connectivity index (χ0n) is 11.7. The van der Waals surface area contributed by atoms with Crippen LogP contribution in [0.25, 0.3) is 0 Å². The van der Waals surface area contributed by atoms with Crippen LogP contribution in [-0.2, 0) is 9.53 Å². The number of carbonyl (C=O) groups excluding carboxylic acids is 1. The minimum atomic E-state index is -0.221. The molecule has 2 aliphatic rings. The van der Waals surface area contributed by atoms with Crippen molar-refractivity contribution in [2.24, 2.45) is 0 Å². The molecule has 0 bridgehead atoms. The Morgan fingerprint density at radius 2 is 1.90 bits per heavy atom. The molecular formula is C15H18Cl2N2O2. The van der Waals surface area contributed by atoms with Gasteiger partial charge in [0.2, 0.25) is 0 Å². The number of nitrogens with zero attached hydrogens (tertiary/aromatic N) is 2. The van der Waals surface area contributed by atoms with Gasteiger partial charge in [0.1, 0.15) is 6.10 Å². The molecule has 2 aliphatic heterocycles. The van der Waals surface area contributed by atoms with Gasteiger partial charge < -0.3 is 14.5 Å². The van der Waals surface area contributed by atoms with Gasteiger partial charge in [0.05, 0.1) is 10.0 Å². The Balaban J connectivity index is 1.59. The first-order valence-electron chi connectivity index (χ1n) is 7.25. The second-order valence-corrected chi connectivity index (χ2v) is 6.23. The molecule has 0 aliphatic carbocycles. The number of hydrogen-bond acceptors (Lipinski definition) is 3. The number of anilines is 1. The van der Waals surface area contributed by atoms with Crippen molar-refractivity contribution in [1.29, 1.82) is 0 Å². The highest BCUT2D eigenvalue weighted by molar-refractivity contribution is 6.42. The number of carbonyl (C=O) groups is 1. The Labute approximate surface area is 134 Å². The summed E-state index contributed by atoms with van der Waals surface area (Å²) >= 11 is 12.0. The molecule has 1 unspecified atom stereocenters. The summed E-state index contributed by atoms with van der Waals surface area (Å²) in [6.45, 7) is 3.75. The lowest BCUT2D eigenvalue weighted by Crippen LogP contribution is -2.51. The van der Waals surface area contributed by atoms with Gasteiger partial charge in [0.15, 0.2) is 0 Å². The fourth-order valence-corrected chi connectivity index (χ4v) is 3.14. The Kier molecular flexibility index (Phi) is 4.57. The van der Waals surface area contributed by atoms with Gasteiger partial charge in [-0.15, -0.1) is 0 Å². The second-order valence-electron chi connectivity index (χ2n) is 5.41. The molecule has 0 N–H and O–H groups in total. The van der Waals surface area contributed by atoms with Crippen LogP contribution < -0.4 is 4.90 Å². The molecule has 3 rings (SSSR count). The fraction of sp³-hybridized carbons (Fsp3) is 0.533. The molecule has 114 valence electrons. The smallest absolute Gasteiger partial charge is 0.251 e. The quantitative estimate of drug-likeness (QED) is 0.836. The number of ether oxygens (including phenoxy) is 1. The van der Waals surface area contributed by atoms with Crippen LogP contribution in [0, 0.1) is 0 Å². The van der Waals surface area contributed by atoms with Gasteiger partial charge in [-0.1, -0.05) is 23.2 Å². The monoisotopic (exact) mass is 328 g/mol. The van der Waals surface area contributed by atoms with Crippen LogP contribution in [0.4, 0.5) is 5.69 Å². The van der Waals surface area contributed by atoms with Gasteiger partial charge in [0, 0.05) is 38.5 Å². The Morgan fingerprint density at radius 3 is 2.52 bits per heavy atom. The average Bonchev–Trinajstić information content (AvgIpc) is 3.04. The number of benzene rings is 1. The summed E-state index contributed by atoms with van der Waals surface area (Å²) in [6.07, 6.45) is 1.62. The molecule has 6 heteroatoms. The summed E-state index contributed by atoms with van der Waals surface area (Å²) < 4.78 is 5.47. The predicted molar refractivity (Wildman–Crippen MR) is 84.2 cm³/mol. The van der Waals surface area contributed by atoms with Crippen LogP contribution >= 0.6 is 23.2 Å². The molecule has 1 atom stereocenters. The van der Waals surface area contributed by atoms with Crippen molar-refractivity contribution >= 4 is 34.8 Å². The highest BCUT2D eigenvalue weighted by Gasteiger charge is 2.30. The lowest BCUT2D eigenvalue weighted by Gasteiger charge is -2.37. The first-order valence-corrected chi connectivity index (χ1v) is 8.01. The maximum Gasteiger partial charge on any atom is 0.251 e. The first kappa shape index (κ1) is 14.9. The molecule has 2 fully saturated rings. The van der Waals surface area contributed by atoms with Gasteiger partial charge in [-0.3, -0.25) is 4.79 Å². The number of amides is 1. The Bertz CT molecular complexity index is 524. The van der Waals surface area contributed by atoms with Crippen molar-refractivity contribution in [1.82, 2.24) is 4.90 Å². The van der Waals surface area contributed by atoms with E-state index in [1.807, 2.05) is 23.1 Å². The van der Waals surface area contributed by atoms with Crippen LogP contribution in [-0.4, -0.2) is 49.7 Å². The highest BCUT2D eigenvalue weighted by atomic mass is 35.5. The van der Waals surface area contributed by atoms with Crippen LogP contribution in [0.1, 0.15) is 12.8 Å². The first-order chi connectivity index (χ1) is 10.1. The predicted octanol–water partition coefficient (Wildman–Crippen LogP) is 2.82. The molecule has 0 radical (unpaired) electrons. The van der Waals surface area contributed by atoms with Crippen LogP contribution in [0.5, 0.6) is 0 Å². The number of piperazine rings is 1. The molecular weight excluding hydrogens is 311 g/mol. The van der Waals surface area contributed by atoms with Crippen LogP contribution in [0.15, 0.2) is 18.2 Å². The van der Waals surface area contributed by atoms with E-state index in [0.29, 0.717) is 16.7 Å². The molecule has 0 spiro atoms. The highest BCUT2D eigenvalue weighted by Crippen LogP contribution is 2.28. The average molecular weight is 329 g/mol. The van der Waals surface area contributed by atoms with E-state index in [4.69, 9.17) is 27.9 Å². The topological polar surface area (TPSA) is 32.8 Å². The van der Waals surface area contributed by atoms with Crippen molar-refractivity contribution < 1.29 is 9.53 Å². The van der Waals surface area contributed by atoms with Gasteiger partial charge in [-0.05, 0) is 31.0 Å². The molecule has 2 saturated heterocycles. The Morgan fingerprint density at radius 1 is 1.14 bits per heavy atom. The van der Waals surface area contributed by atoms with E-state index in [1.165, 1.54) is 0 Å². The molecule has 1 aromatic carbocycles. The Hall–Kier alpha value is -0.970. The zero-order valence-corrected chi connectivity index (χ0v) is 13.2. The number of hydrogen-bond donors (Lipinski definition) is 0. The van der Waals surface area contributed by atoms with Crippen molar-refractivity contribution in [3.8, 4) is 0 Å². The third-order valence-corrected chi connectivity index (χ3v) is 4.80. The maximum absolute atomic E-state index is 12.3. The van der Waals surface area contributed by atoms with E-state index in [2.05, 4.69) is 4.90 Å². The summed E-state index contributed by atoms with van der Waals surface area (Å²) in [7, 11) is 0. The maximum atomic E-state index is 12.3. The van der Waals surface area contributed by atoms with Crippen molar-refractivity contribution in [3.05, 3.63) is 28.2 Å². The largest absolute Gasteiger partial charge is 0.368 e. The van der Waals surface area contributed by atoms with E-state index in [1.54, 1.807) is 0 Å². The fourth-order valence-electron chi connectivity index (χ4n) is 2.84. The van der Waals surface area contributed by atoms with Crippen LogP contribution in [0.3, 0.4) is 0 Å². The van der Waals surface area contributed by atoms with E-state index < -0.39 is 0 Å². The van der Waals surface area contributed by atoms with Gasteiger partial charge >= 0.3 is 0 Å². The summed E-state index contributed by atoms with van der Waals surface area (Å²) in [5.74, 6) is 0.140. The summed E-state index contributed by atoms with van der Waals surface area (Å²) in [6, 6.07) is 5.65. The number of rotatable bonds is 2. The van der Waals surface area contributed by atoms with E-state index in [9.17, 15) is 4.79 Å². The molecule has 0 aromatic heterocycles. The van der Waals surface area contributed by atoms with Crippen molar-refractivity contribution in [2.75, 3.05) is 37.7 Å². The lowest BCUT2D eigenvalue weighted by molar-refractivity contribution is -0.141. The molecule has 4 nitrogen and oxygen atoms in total. The summed E-state index contributed by atoms with van der Waals surface area (Å²) in [5, 5.41) is 1.12. The molecule has 2 heterocycles. The van der Waals surface area contributed by atoms with Gasteiger partial charge in [-0.2, -0.15) is 0 Å². The standard InChI is InChI=1S/C15H18Cl2N2O2/c16-12-4-3-11(10-13(12)17)18-5-7-19(8-6-18)15(20)14-2-1-9-21-14/h3-4,10,14H,1-2,5-9H2. The van der Waals surface area contributed by atoms with Crippen LogP contribution in [0.2, 0.25) is 10.0 Å². The second kappa shape index (κ2) is 6.42. The third kappa shape index (κ3) is 3.28. The lowest BCUT2D eigenvalue weighted by atomic mass is 10.2.